The molecule has 0 amide bonds. The fraction of sp³-hybridized carbons (Fsp3) is 0.939. The third-order valence-electron chi connectivity index (χ3n) is 12.3. The Labute approximate surface area is 341 Å². The smallest absolute Gasteiger partial charge is 0.310 e. The van der Waals surface area contributed by atoms with Gasteiger partial charge in [-0.15, -0.1) is 0 Å². The first-order valence-electron chi connectivity index (χ1n) is 24.6. The number of carboxylic acid groups (broad SMARTS) is 1. The number of carbonyl (C=O) groups excluding carboxylic acids is 2. The van der Waals surface area contributed by atoms with Crippen molar-refractivity contribution >= 4 is 17.9 Å². The van der Waals surface area contributed by atoms with Gasteiger partial charge in [0.25, 0.3) is 0 Å². The molecule has 1 N–H and O–H groups in total. The second kappa shape index (κ2) is 39.2. The minimum absolute atomic E-state index is 0.293. The quantitative estimate of drug-likeness (QED) is 0.0491. The van der Waals surface area contributed by atoms with E-state index in [-0.39, 0.29) is 0 Å². The van der Waals surface area contributed by atoms with Crippen LogP contribution in [0, 0.1) is 17.8 Å². The molecule has 1 aliphatic carbocycles. The summed E-state index contributed by atoms with van der Waals surface area (Å²) >= 11 is 0. The summed E-state index contributed by atoms with van der Waals surface area (Å²) in [4.78, 5) is 38.3. The minimum atomic E-state index is -1.02. The van der Waals surface area contributed by atoms with Gasteiger partial charge in [-0.3, -0.25) is 14.4 Å². The fourth-order valence-electron chi connectivity index (χ4n) is 8.62. The van der Waals surface area contributed by atoms with Crippen LogP contribution in [0.25, 0.3) is 0 Å². The van der Waals surface area contributed by atoms with E-state index in [1.807, 2.05) is 0 Å². The zero-order valence-electron chi connectivity index (χ0n) is 36.7. The van der Waals surface area contributed by atoms with Crippen molar-refractivity contribution in [2.24, 2.45) is 17.8 Å². The van der Waals surface area contributed by atoms with Gasteiger partial charge >= 0.3 is 17.9 Å². The van der Waals surface area contributed by atoms with Crippen LogP contribution in [0.5, 0.6) is 0 Å². The number of hydrogen-bond acceptors (Lipinski definition) is 5. The standard InChI is InChI=1S/C49H92O6/c1-3-5-7-9-11-13-15-17-19-21-23-25-27-29-31-33-35-37-42-54-48(52)45-41-39-40-44(47(50)51)46(45)49(53)55-43-38-36-34-32-30-28-26-24-22-20-18-16-14-12-10-8-6-4-2/h44-46H,3-43H2,1-2H3,(H,50,51). The Morgan fingerprint density at radius 1 is 0.382 bits per heavy atom. The van der Waals surface area contributed by atoms with Crippen molar-refractivity contribution in [3.8, 4) is 0 Å². The van der Waals surface area contributed by atoms with E-state index in [0.29, 0.717) is 32.5 Å². The summed E-state index contributed by atoms with van der Waals surface area (Å²) in [6.45, 7) is 5.19. The molecule has 0 bridgehead atoms. The van der Waals surface area contributed by atoms with Crippen molar-refractivity contribution in [3.63, 3.8) is 0 Å². The number of unbranched alkanes of at least 4 members (excludes halogenated alkanes) is 34. The van der Waals surface area contributed by atoms with Crippen LogP contribution in [0.3, 0.4) is 0 Å². The predicted molar refractivity (Wildman–Crippen MR) is 231 cm³/mol. The van der Waals surface area contributed by atoms with Crippen molar-refractivity contribution in [1.82, 2.24) is 0 Å². The molecule has 3 unspecified atom stereocenters. The van der Waals surface area contributed by atoms with Gasteiger partial charge in [0.05, 0.1) is 31.0 Å². The highest BCUT2D eigenvalue weighted by molar-refractivity contribution is 5.87. The van der Waals surface area contributed by atoms with E-state index in [0.717, 1.165) is 38.5 Å². The Morgan fingerprint density at radius 2 is 0.636 bits per heavy atom. The maximum atomic E-state index is 13.2. The largest absolute Gasteiger partial charge is 0.481 e. The first-order valence-corrected chi connectivity index (χ1v) is 24.6. The summed E-state index contributed by atoms with van der Waals surface area (Å²) in [5, 5.41) is 9.88. The summed E-state index contributed by atoms with van der Waals surface area (Å²) in [7, 11) is 0. The molecule has 0 saturated heterocycles. The van der Waals surface area contributed by atoms with Gasteiger partial charge < -0.3 is 14.6 Å². The zero-order valence-corrected chi connectivity index (χ0v) is 36.7. The predicted octanol–water partition coefficient (Wildman–Crippen LogP) is 15.3. The Morgan fingerprint density at radius 3 is 0.927 bits per heavy atom. The molecule has 0 spiro atoms. The number of carboxylic acids is 1. The number of rotatable bonds is 41. The van der Waals surface area contributed by atoms with Crippen molar-refractivity contribution in [2.45, 2.75) is 264 Å². The molecule has 3 atom stereocenters. The van der Waals surface area contributed by atoms with Gasteiger partial charge in [0.2, 0.25) is 0 Å². The SMILES string of the molecule is CCCCCCCCCCCCCCCCCCCCOC(=O)C1CCCC(C(=O)O)C1C(=O)OCCCCCCCCCCCCCCCCCCCC. The van der Waals surface area contributed by atoms with Crippen molar-refractivity contribution < 1.29 is 29.0 Å². The van der Waals surface area contributed by atoms with Gasteiger partial charge in [0, 0.05) is 0 Å². The molecule has 0 aromatic heterocycles. The van der Waals surface area contributed by atoms with Gasteiger partial charge in [0.15, 0.2) is 0 Å². The number of carbonyl (C=O) groups is 3. The molecule has 0 aliphatic heterocycles. The molecule has 0 aromatic carbocycles. The molecule has 1 aliphatic rings. The minimum Gasteiger partial charge on any atom is -0.481 e. The van der Waals surface area contributed by atoms with E-state index in [1.54, 1.807) is 0 Å². The summed E-state index contributed by atoms with van der Waals surface area (Å²) in [6.07, 6.45) is 48.4. The summed E-state index contributed by atoms with van der Waals surface area (Å²) < 4.78 is 11.2. The van der Waals surface area contributed by atoms with Crippen molar-refractivity contribution in [2.75, 3.05) is 13.2 Å². The van der Waals surface area contributed by atoms with Crippen LogP contribution < -0.4 is 0 Å². The Balaban J connectivity index is 2.07. The number of hydrogen-bond donors (Lipinski definition) is 1. The second-order valence-corrected chi connectivity index (χ2v) is 17.4. The van der Waals surface area contributed by atoms with Gasteiger partial charge in [0.1, 0.15) is 0 Å². The first kappa shape index (κ1) is 51.4. The molecule has 1 fully saturated rings. The van der Waals surface area contributed by atoms with Crippen molar-refractivity contribution in [1.29, 1.82) is 0 Å². The number of aliphatic carboxylic acids is 1. The fourth-order valence-corrected chi connectivity index (χ4v) is 8.62. The number of ether oxygens (including phenoxy) is 2. The summed E-state index contributed by atoms with van der Waals surface area (Å²) in [5.74, 6) is -4.53. The van der Waals surface area contributed by atoms with E-state index < -0.39 is 35.7 Å². The molecule has 0 heterocycles. The maximum absolute atomic E-state index is 13.2. The van der Waals surface area contributed by atoms with E-state index in [9.17, 15) is 19.5 Å². The highest BCUT2D eigenvalue weighted by Gasteiger charge is 2.47. The monoisotopic (exact) mass is 777 g/mol. The van der Waals surface area contributed by atoms with Gasteiger partial charge in [-0.1, -0.05) is 239 Å². The number of esters is 2. The molecule has 0 aromatic rings. The lowest BCUT2D eigenvalue weighted by atomic mass is 9.72. The van der Waals surface area contributed by atoms with Crippen LogP contribution in [0.4, 0.5) is 0 Å². The first-order chi connectivity index (χ1) is 27.0. The topological polar surface area (TPSA) is 89.9 Å². The Hall–Kier alpha value is -1.59. The molecular formula is C49H92O6. The van der Waals surface area contributed by atoms with Crippen LogP contribution in [0.15, 0.2) is 0 Å². The molecule has 6 nitrogen and oxygen atoms in total. The molecule has 55 heavy (non-hydrogen) atoms. The molecule has 1 rings (SSSR count). The molecule has 1 saturated carbocycles. The summed E-state index contributed by atoms with van der Waals surface area (Å²) in [6, 6.07) is 0. The van der Waals surface area contributed by atoms with E-state index in [1.165, 1.54) is 193 Å². The highest BCUT2D eigenvalue weighted by atomic mass is 16.5. The zero-order chi connectivity index (χ0) is 39.9. The summed E-state index contributed by atoms with van der Waals surface area (Å²) in [5.41, 5.74) is 0. The lowest BCUT2D eigenvalue weighted by Crippen LogP contribution is -2.43. The third-order valence-corrected chi connectivity index (χ3v) is 12.3. The van der Waals surface area contributed by atoms with Gasteiger partial charge in [-0.25, -0.2) is 0 Å². The van der Waals surface area contributed by atoms with Crippen LogP contribution in [-0.4, -0.2) is 36.2 Å². The normalized spacial score (nSPS) is 17.0. The van der Waals surface area contributed by atoms with Gasteiger partial charge in [-0.2, -0.15) is 0 Å². The average Bonchev–Trinajstić information content (AvgIpc) is 3.19. The Kier molecular flexibility index (Phi) is 36.7. The molecular weight excluding hydrogens is 685 g/mol. The Bertz CT molecular complexity index is 873. The van der Waals surface area contributed by atoms with Crippen LogP contribution in [0.2, 0.25) is 0 Å². The average molecular weight is 777 g/mol. The van der Waals surface area contributed by atoms with E-state index in [4.69, 9.17) is 9.47 Å². The maximum Gasteiger partial charge on any atom is 0.310 e. The van der Waals surface area contributed by atoms with Crippen molar-refractivity contribution in [3.05, 3.63) is 0 Å². The lowest BCUT2D eigenvalue weighted by molar-refractivity contribution is -0.170. The second-order valence-electron chi connectivity index (χ2n) is 17.4. The molecule has 6 heteroatoms. The highest BCUT2D eigenvalue weighted by Crippen LogP contribution is 2.37. The lowest BCUT2D eigenvalue weighted by Gasteiger charge is -2.33. The van der Waals surface area contributed by atoms with Crippen LogP contribution >= 0.6 is 0 Å². The van der Waals surface area contributed by atoms with Gasteiger partial charge in [-0.05, 0) is 25.7 Å². The molecule has 324 valence electrons. The van der Waals surface area contributed by atoms with Crippen LogP contribution in [-0.2, 0) is 23.9 Å². The van der Waals surface area contributed by atoms with E-state index >= 15 is 0 Å². The van der Waals surface area contributed by atoms with E-state index in [2.05, 4.69) is 13.8 Å². The van der Waals surface area contributed by atoms with Crippen LogP contribution in [0.1, 0.15) is 264 Å². The third kappa shape index (κ3) is 30.2. The molecule has 0 radical (unpaired) electrons.